The van der Waals surface area contributed by atoms with Crippen molar-refractivity contribution in [1.29, 1.82) is 0 Å². The Hall–Kier alpha value is -1.77. The summed E-state index contributed by atoms with van der Waals surface area (Å²) < 4.78 is 0. The van der Waals surface area contributed by atoms with Crippen LogP contribution in [0.2, 0.25) is 0 Å². The average Bonchev–Trinajstić information content (AvgIpc) is 2.49. The first kappa shape index (κ1) is 16.3. The second-order valence-electron chi connectivity index (χ2n) is 4.97. The molecule has 0 aliphatic heterocycles. The summed E-state index contributed by atoms with van der Waals surface area (Å²) in [5.41, 5.74) is 1.76. The van der Waals surface area contributed by atoms with Gasteiger partial charge in [-0.15, -0.1) is 6.58 Å². The normalized spacial score (nSPS) is 11.7. The van der Waals surface area contributed by atoms with Gasteiger partial charge in [-0.3, -0.25) is 4.79 Å². The molecule has 3 heteroatoms. The zero-order chi connectivity index (χ0) is 14.8. The molecule has 0 saturated carbocycles. The minimum atomic E-state index is -0.0607. The highest BCUT2D eigenvalue weighted by Crippen LogP contribution is 2.15. The Bertz CT molecular complexity index is 412. The molecule has 0 aliphatic rings. The molecule has 0 radical (unpaired) electrons. The molecule has 110 valence electrons. The predicted octanol–water partition coefficient (Wildman–Crippen LogP) is 3.98. The minimum Gasteiger partial charge on any atom is -0.382 e. The van der Waals surface area contributed by atoms with Crippen molar-refractivity contribution in [2.45, 2.75) is 45.6 Å². The molecule has 1 aromatic carbocycles. The number of nitrogens with one attached hydrogen (secondary N) is 2. The second kappa shape index (κ2) is 9.18. The van der Waals surface area contributed by atoms with E-state index in [2.05, 4.69) is 31.1 Å². The van der Waals surface area contributed by atoms with E-state index >= 15 is 0 Å². The highest BCUT2D eigenvalue weighted by atomic mass is 16.1. The summed E-state index contributed by atoms with van der Waals surface area (Å²) in [7, 11) is 0. The van der Waals surface area contributed by atoms with E-state index in [4.69, 9.17) is 0 Å². The fraction of sp³-hybridized carbons (Fsp3) is 0.471. The molecule has 0 bridgehead atoms. The number of rotatable bonds is 9. The van der Waals surface area contributed by atoms with Crippen LogP contribution in [-0.2, 0) is 0 Å². The van der Waals surface area contributed by atoms with E-state index in [9.17, 15) is 4.79 Å². The number of unbranched alkanes of at least 4 members (excludes halogenated alkanes) is 1. The number of carbonyl (C=O) groups is 1. The zero-order valence-corrected chi connectivity index (χ0v) is 12.6. The predicted molar refractivity (Wildman–Crippen MR) is 86.2 cm³/mol. The Morgan fingerprint density at radius 3 is 2.55 bits per heavy atom. The van der Waals surface area contributed by atoms with Crippen molar-refractivity contribution < 1.29 is 4.79 Å². The monoisotopic (exact) mass is 274 g/mol. The van der Waals surface area contributed by atoms with Crippen LogP contribution in [0.4, 0.5) is 5.69 Å². The summed E-state index contributed by atoms with van der Waals surface area (Å²) >= 11 is 0. The molecule has 1 aromatic rings. The lowest BCUT2D eigenvalue weighted by molar-refractivity contribution is 0.0958. The van der Waals surface area contributed by atoms with Crippen LogP contribution < -0.4 is 10.6 Å². The molecule has 2 N–H and O–H groups in total. The van der Waals surface area contributed by atoms with E-state index in [1.165, 1.54) is 19.3 Å². The summed E-state index contributed by atoms with van der Waals surface area (Å²) in [6.07, 6.45) is 6.44. The van der Waals surface area contributed by atoms with E-state index < -0.39 is 0 Å². The fourth-order valence-corrected chi connectivity index (χ4v) is 2.05. The van der Waals surface area contributed by atoms with Crippen molar-refractivity contribution in [3.05, 3.63) is 42.5 Å². The van der Waals surface area contributed by atoms with Crippen molar-refractivity contribution >= 4 is 11.6 Å². The van der Waals surface area contributed by atoms with Crippen LogP contribution in [-0.4, -0.2) is 18.5 Å². The first-order valence-electron chi connectivity index (χ1n) is 7.46. The van der Waals surface area contributed by atoms with Gasteiger partial charge in [0.1, 0.15) is 0 Å². The van der Waals surface area contributed by atoms with Crippen LogP contribution >= 0.6 is 0 Å². The van der Waals surface area contributed by atoms with Crippen LogP contribution in [0.5, 0.6) is 0 Å². The molecule has 1 rings (SSSR count). The van der Waals surface area contributed by atoms with Crippen LogP contribution in [0.3, 0.4) is 0 Å². The van der Waals surface area contributed by atoms with Gasteiger partial charge in [0.05, 0.1) is 0 Å². The molecule has 0 aliphatic carbocycles. The van der Waals surface area contributed by atoms with Crippen molar-refractivity contribution in [2.75, 3.05) is 11.9 Å². The molecular weight excluding hydrogens is 248 g/mol. The molecule has 0 saturated heterocycles. The number of anilines is 1. The Morgan fingerprint density at radius 1 is 1.30 bits per heavy atom. The summed E-state index contributed by atoms with van der Waals surface area (Å²) in [6.45, 7) is 8.49. The van der Waals surface area contributed by atoms with E-state index in [1.807, 2.05) is 24.3 Å². The van der Waals surface area contributed by atoms with E-state index in [0.717, 1.165) is 12.1 Å². The lowest BCUT2D eigenvalue weighted by Gasteiger charge is -2.18. The second-order valence-corrected chi connectivity index (χ2v) is 4.97. The maximum absolute atomic E-state index is 11.8. The Morgan fingerprint density at radius 2 is 2.00 bits per heavy atom. The smallest absolute Gasteiger partial charge is 0.251 e. The third-order valence-corrected chi connectivity index (χ3v) is 3.32. The van der Waals surface area contributed by atoms with E-state index in [1.54, 1.807) is 6.08 Å². The van der Waals surface area contributed by atoms with Gasteiger partial charge < -0.3 is 10.6 Å². The van der Waals surface area contributed by atoms with E-state index in [-0.39, 0.29) is 5.91 Å². The number of hydrogen-bond donors (Lipinski definition) is 2. The maximum atomic E-state index is 11.8. The highest BCUT2D eigenvalue weighted by Gasteiger charge is 2.07. The molecule has 0 fully saturated rings. The zero-order valence-electron chi connectivity index (χ0n) is 12.6. The fourth-order valence-electron chi connectivity index (χ4n) is 2.05. The van der Waals surface area contributed by atoms with Gasteiger partial charge in [0.2, 0.25) is 0 Å². The molecule has 3 nitrogen and oxygen atoms in total. The number of benzene rings is 1. The molecule has 0 aromatic heterocycles. The van der Waals surface area contributed by atoms with Gasteiger partial charge >= 0.3 is 0 Å². The molecule has 20 heavy (non-hydrogen) atoms. The molecular formula is C17H26N2O. The summed E-state index contributed by atoms with van der Waals surface area (Å²) in [6, 6.07) is 8.16. The minimum absolute atomic E-state index is 0.0607. The van der Waals surface area contributed by atoms with Gasteiger partial charge in [0.25, 0.3) is 5.91 Å². The van der Waals surface area contributed by atoms with Crippen LogP contribution in [0.1, 0.15) is 49.9 Å². The molecule has 0 heterocycles. The van der Waals surface area contributed by atoms with Gasteiger partial charge in [-0.1, -0.05) is 32.8 Å². The first-order valence-corrected chi connectivity index (χ1v) is 7.46. The Balaban J connectivity index is 2.56. The van der Waals surface area contributed by atoms with Crippen LogP contribution in [0.25, 0.3) is 0 Å². The molecule has 1 amide bonds. The quantitative estimate of drug-likeness (QED) is 0.669. The number of amides is 1. The molecule has 0 spiro atoms. The summed E-state index contributed by atoms with van der Waals surface area (Å²) in [5.74, 6) is -0.0607. The lowest BCUT2D eigenvalue weighted by atomic mass is 10.1. The van der Waals surface area contributed by atoms with Crippen LogP contribution in [0, 0.1) is 0 Å². The molecule has 1 unspecified atom stereocenters. The van der Waals surface area contributed by atoms with Crippen molar-refractivity contribution in [3.8, 4) is 0 Å². The van der Waals surface area contributed by atoms with Gasteiger partial charge in [-0.2, -0.15) is 0 Å². The Labute approximate surface area is 122 Å². The summed E-state index contributed by atoms with van der Waals surface area (Å²) in [5, 5.41) is 6.30. The van der Waals surface area contributed by atoms with Crippen LogP contribution in [0.15, 0.2) is 36.9 Å². The van der Waals surface area contributed by atoms with Crippen molar-refractivity contribution in [2.24, 2.45) is 0 Å². The van der Waals surface area contributed by atoms with Gasteiger partial charge in [-0.25, -0.2) is 0 Å². The third kappa shape index (κ3) is 5.47. The first-order chi connectivity index (χ1) is 9.71. The third-order valence-electron chi connectivity index (χ3n) is 3.32. The number of carbonyl (C=O) groups excluding carboxylic acids is 1. The van der Waals surface area contributed by atoms with Crippen molar-refractivity contribution in [3.63, 3.8) is 0 Å². The highest BCUT2D eigenvalue weighted by molar-refractivity contribution is 5.94. The summed E-state index contributed by atoms with van der Waals surface area (Å²) in [4.78, 5) is 11.8. The Kier molecular flexibility index (Phi) is 7.48. The standard InChI is InChI=1S/C17H26N2O/c1-4-7-8-15(6-3)19-16-11-9-14(10-12-16)17(20)18-13-5-2/h5,9-12,15,19H,2,4,6-8,13H2,1,3H3,(H,18,20). The number of hydrogen-bond acceptors (Lipinski definition) is 2. The SMILES string of the molecule is C=CCNC(=O)c1ccc(NC(CC)CCCC)cc1. The van der Waals surface area contributed by atoms with Gasteiger partial charge in [-0.05, 0) is 37.1 Å². The topological polar surface area (TPSA) is 41.1 Å². The van der Waals surface area contributed by atoms with Gasteiger partial charge in [0.15, 0.2) is 0 Å². The average molecular weight is 274 g/mol. The lowest BCUT2D eigenvalue weighted by Crippen LogP contribution is -2.23. The van der Waals surface area contributed by atoms with E-state index in [0.29, 0.717) is 18.2 Å². The van der Waals surface area contributed by atoms with Crippen molar-refractivity contribution in [1.82, 2.24) is 5.32 Å². The molecule has 1 atom stereocenters. The van der Waals surface area contributed by atoms with Gasteiger partial charge in [0, 0.05) is 23.8 Å². The maximum Gasteiger partial charge on any atom is 0.251 e. The largest absolute Gasteiger partial charge is 0.382 e.